The van der Waals surface area contributed by atoms with E-state index in [1.165, 1.54) is 5.56 Å². The lowest BCUT2D eigenvalue weighted by Gasteiger charge is -2.23. The molecule has 0 fully saturated rings. The molecular formula is C31H37NO5. The Kier molecular flexibility index (Phi) is 10.1. The molecule has 0 aromatic heterocycles. The number of aryl methyl sites for hydroxylation is 2. The molecule has 0 saturated carbocycles. The van der Waals surface area contributed by atoms with Crippen LogP contribution < -0.4 is 10.1 Å². The second kappa shape index (κ2) is 13.5. The maximum Gasteiger partial charge on any atom is 0.408 e. The predicted molar refractivity (Wildman–Crippen MR) is 145 cm³/mol. The molecule has 0 spiro atoms. The van der Waals surface area contributed by atoms with Crippen LogP contribution in [0.1, 0.15) is 49.9 Å². The maximum atomic E-state index is 12.6. The van der Waals surface area contributed by atoms with E-state index >= 15 is 0 Å². The normalized spacial score (nSPS) is 11.9. The molecule has 1 N–H and O–H groups in total. The largest absolute Gasteiger partial charge is 0.489 e. The fraction of sp³-hybridized carbons (Fsp3) is 0.355. The highest BCUT2D eigenvalue weighted by Crippen LogP contribution is 2.25. The standard InChI is InChI=1S/C31H37NO5/c1-5-35-29(33)27(32-30(34)37-31(2,3)4)20-25-17-19-26(18-16-23-12-8-6-9-13-23)28(21-25)36-22-24-14-10-7-11-15-24/h6-15,17,19,21,27H,5,16,18,20,22H2,1-4H3,(H,32,34)/t27-/m0/s1. The predicted octanol–water partition coefficient (Wildman–Crippen LogP) is 6.05. The zero-order valence-electron chi connectivity index (χ0n) is 22.2. The molecular weight excluding hydrogens is 466 g/mol. The van der Waals surface area contributed by atoms with Crippen LogP contribution in [0.15, 0.2) is 78.9 Å². The van der Waals surface area contributed by atoms with Gasteiger partial charge in [0.25, 0.3) is 0 Å². The van der Waals surface area contributed by atoms with Crippen molar-refractivity contribution >= 4 is 12.1 Å². The summed E-state index contributed by atoms with van der Waals surface area (Å²) in [5.41, 5.74) is 3.57. The van der Waals surface area contributed by atoms with Crippen LogP contribution in [-0.4, -0.2) is 30.3 Å². The molecule has 0 heterocycles. The van der Waals surface area contributed by atoms with Gasteiger partial charge in [-0.05, 0) is 68.9 Å². The second-order valence-electron chi connectivity index (χ2n) is 9.86. The van der Waals surface area contributed by atoms with Crippen LogP contribution in [0.4, 0.5) is 4.79 Å². The summed E-state index contributed by atoms with van der Waals surface area (Å²) in [6.45, 7) is 7.71. The molecule has 1 atom stereocenters. The Balaban J connectivity index is 1.80. The molecule has 3 rings (SSSR count). The van der Waals surface area contributed by atoms with Gasteiger partial charge < -0.3 is 19.5 Å². The highest BCUT2D eigenvalue weighted by atomic mass is 16.6. The Labute approximate surface area is 220 Å². The van der Waals surface area contributed by atoms with Gasteiger partial charge in [-0.1, -0.05) is 72.8 Å². The first-order valence-electron chi connectivity index (χ1n) is 12.7. The lowest BCUT2D eigenvalue weighted by Crippen LogP contribution is -2.45. The summed E-state index contributed by atoms with van der Waals surface area (Å²) in [5, 5.41) is 2.67. The first-order chi connectivity index (χ1) is 17.7. The van der Waals surface area contributed by atoms with Crippen molar-refractivity contribution in [2.45, 2.75) is 65.2 Å². The minimum absolute atomic E-state index is 0.217. The van der Waals surface area contributed by atoms with Gasteiger partial charge in [0, 0.05) is 6.42 Å². The van der Waals surface area contributed by atoms with E-state index in [0.29, 0.717) is 6.61 Å². The minimum Gasteiger partial charge on any atom is -0.489 e. The van der Waals surface area contributed by atoms with E-state index in [0.717, 1.165) is 35.3 Å². The number of rotatable bonds is 11. The lowest BCUT2D eigenvalue weighted by atomic mass is 9.99. The van der Waals surface area contributed by atoms with Gasteiger partial charge in [0.2, 0.25) is 0 Å². The van der Waals surface area contributed by atoms with E-state index < -0.39 is 23.7 Å². The Bertz CT molecular complexity index is 1140. The van der Waals surface area contributed by atoms with Crippen molar-refractivity contribution in [3.05, 3.63) is 101 Å². The van der Waals surface area contributed by atoms with Crippen molar-refractivity contribution < 1.29 is 23.8 Å². The van der Waals surface area contributed by atoms with E-state index in [-0.39, 0.29) is 13.0 Å². The van der Waals surface area contributed by atoms with E-state index in [1.54, 1.807) is 27.7 Å². The SMILES string of the molecule is CCOC(=O)[C@H](Cc1ccc(CCc2ccccc2)c(OCc2ccccc2)c1)NC(=O)OC(C)(C)C. The van der Waals surface area contributed by atoms with Gasteiger partial charge in [-0.2, -0.15) is 0 Å². The van der Waals surface area contributed by atoms with E-state index in [2.05, 4.69) is 17.4 Å². The summed E-state index contributed by atoms with van der Waals surface area (Å²) in [6, 6.07) is 25.4. The van der Waals surface area contributed by atoms with Crippen LogP contribution >= 0.6 is 0 Å². The van der Waals surface area contributed by atoms with Crippen molar-refractivity contribution in [2.24, 2.45) is 0 Å². The molecule has 3 aromatic rings. The smallest absolute Gasteiger partial charge is 0.408 e. The molecule has 0 aliphatic carbocycles. The van der Waals surface area contributed by atoms with Gasteiger partial charge in [-0.25, -0.2) is 9.59 Å². The number of esters is 1. The number of nitrogens with one attached hydrogen (secondary N) is 1. The average molecular weight is 504 g/mol. The number of ether oxygens (including phenoxy) is 3. The number of amides is 1. The summed E-state index contributed by atoms with van der Waals surface area (Å²) in [5.74, 6) is 0.255. The number of carbonyl (C=O) groups excluding carboxylic acids is 2. The van der Waals surface area contributed by atoms with E-state index in [4.69, 9.17) is 14.2 Å². The average Bonchev–Trinajstić information content (AvgIpc) is 2.86. The van der Waals surface area contributed by atoms with Crippen molar-refractivity contribution in [3.8, 4) is 5.75 Å². The van der Waals surface area contributed by atoms with Gasteiger partial charge in [-0.3, -0.25) is 0 Å². The summed E-state index contributed by atoms with van der Waals surface area (Å²) in [6.07, 6.45) is 1.28. The topological polar surface area (TPSA) is 73.9 Å². The van der Waals surface area contributed by atoms with Crippen LogP contribution in [0, 0.1) is 0 Å². The Hall–Kier alpha value is -3.80. The highest BCUT2D eigenvalue weighted by Gasteiger charge is 2.26. The molecule has 0 unspecified atom stereocenters. The van der Waals surface area contributed by atoms with Crippen LogP contribution in [0.2, 0.25) is 0 Å². The Morgan fingerprint density at radius 1 is 0.838 bits per heavy atom. The Morgan fingerprint density at radius 2 is 1.49 bits per heavy atom. The quantitative estimate of drug-likeness (QED) is 0.323. The van der Waals surface area contributed by atoms with Crippen LogP contribution in [0.3, 0.4) is 0 Å². The van der Waals surface area contributed by atoms with E-state index in [1.807, 2.05) is 66.7 Å². The van der Waals surface area contributed by atoms with Gasteiger partial charge in [0.15, 0.2) is 0 Å². The minimum atomic E-state index is -0.882. The van der Waals surface area contributed by atoms with Crippen molar-refractivity contribution in [1.29, 1.82) is 0 Å². The third-order valence-corrected chi connectivity index (χ3v) is 5.60. The number of alkyl carbamates (subject to hydrolysis) is 1. The summed E-state index contributed by atoms with van der Waals surface area (Å²) in [4.78, 5) is 25.0. The molecule has 3 aromatic carbocycles. The number of benzene rings is 3. The molecule has 0 saturated heterocycles. The second-order valence-corrected chi connectivity index (χ2v) is 9.86. The first-order valence-corrected chi connectivity index (χ1v) is 12.7. The van der Waals surface area contributed by atoms with Crippen molar-refractivity contribution in [1.82, 2.24) is 5.32 Å². The molecule has 0 aliphatic rings. The van der Waals surface area contributed by atoms with Gasteiger partial charge in [0.1, 0.15) is 24.0 Å². The zero-order valence-corrected chi connectivity index (χ0v) is 22.2. The molecule has 37 heavy (non-hydrogen) atoms. The van der Waals surface area contributed by atoms with Crippen molar-refractivity contribution in [3.63, 3.8) is 0 Å². The fourth-order valence-electron chi connectivity index (χ4n) is 3.85. The molecule has 0 aliphatic heterocycles. The van der Waals surface area contributed by atoms with Gasteiger partial charge >= 0.3 is 12.1 Å². The van der Waals surface area contributed by atoms with Crippen LogP contribution in [-0.2, 0) is 40.1 Å². The van der Waals surface area contributed by atoms with Gasteiger partial charge in [0.05, 0.1) is 6.61 Å². The lowest BCUT2D eigenvalue weighted by molar-refractivity contribution is -0.145. The monoisotopic (exact) mass is 503 g/mol. The molecule has 6 nitrogen and oxygen atoms in total. The number of hydrogen-bond acceptors (Lipinski definition) is 5. The zero-order chi connectivity index (χ0) is 26.7. The summed E-state index contributed by atoms with van der Waals surface area (Å²) < 4.78 is 16.8. The highest BCUT2D eigenvalue weighted by molar-refractivity contribution is 5.81. The van der Waals surface area contributed by atoms with Gasteiger partial charge in [-0.15, -0.1) is 0 Å². The number of carbonyl (C=O) groups is 2. The molecule has 0 radical (unpaired) electrons. The van der Waals surface area contributed by atoms with Crippen molar-refractivity contribution in [2.75, 3.05) is 6.61 Å². The maximum absolute atomic E-state index is 12.6. The third-order valence-electron chi connectivity index (χ3n) is 5.60. The fourth-order valence-corrected chi connectivity index (χ4v) is 3.85. The summed E-state index contributed by atoms with van der Waals surface area (Å²) in [7, 11) is 0. The molecule has 0 bridgehead atoms. The molecule has 1 amide bonds. The summed E-state index contributed by atoms with van der Waals surface area (Å²) >= 11 is 0. The van der Waals surface area contributed by atoms with Crippen LogP contribution in [0.5, 0.6) is 5.75 Å². The third kappa shape index (κ3) is 9.64. The van der Waals surface area contributed by atoms with E-state index in [9.17, 15) is 9.59 Å². The molecule has 196 valence electrons. The first kappa shape index (κ1) is 27.8. The van der Waals surface area contributed by atoms with Crippen LogP contribution in [0.25, 0.3) is 0 Å². The molecule has 6 heteroatoms. The number of hydrogen-bond donors (Lipinski definition) is 1. The Morgan fingerprint density at radius 3 is 2.11 bits per heavy atom.